The van der Waals surface area contributed by atoms with E-state index in [9.17, 15) is 9.59 Å². The summed E-state index contributed by atoms with van der Waals surface area (Å²) < 4.78 is 7.24. The third-order valence-corrected chi connectivity index (χ3v) is 4.85. The monoisotopic (exact) mass is 341 g/mol. The number of rotatable bonds is 5. The quantitative estimate of drug-likeness (QED) is 0.784. The smallest absolute Gasteiger partial charge is 0.326 e. The average Bonchev–Trinajstić information content (AvgIpc) is 3.24. The van der Waals surface area contributed by atoms with Crippen LogP contribution in [0.25, 0.3) is 11.0 Å². The van der Waals surface area contributed by atoms with Crippen LogP contribution in [0.4, 0.5) is 0 Å². The van der Waals surface area contributed by atoms with Gasteiger partial charge in [-0.25, -0.2) is 4.98 Å². The van der Waals surface area contributed by atoms with E-state index in [1.165, 1.54) is 0 Å². The zero-order valence-corrected chi connectivity index (χ0v) is 14.6. The molecule has 1 aromatic heterocycles. The molecule has 4 rings (SSSR count). The van der Waals surface area contributed by atoms with Gasteiger partial charge in [0.15, 0.2) is 0 Å². The van der Waals surface area contributed by atoms with Gasteiger partial charge in [-0.1, -0.05) is 12.1 Å². The molecule has 2 aromatic rings. The van der Waals surface area contributed by atoms with Crippen LogP contribution in [0.15, 0.2) is 24.3 Å². The minimum Gasteiger partial charge on any atom is -0.462 e. The van der Waals surface area contributed by atoms with Crippen molar-refractivity contribution in [3.8, 4) is 0 Å². The molecule has 0 radical (unpaired) electrons. The number of amides is 1. The Morgan fingerprint density at radius 2 is 2.08 bits per heavy atom. The summed E-state index contributed by atoms with van der Waals surface area (Å²) in [7, 11) is 0. The first kappa shape index (κ1) is 16.1. The summed E-state index contributed by atoms with van der Waals surface area (Å²) in [4.78, 5) is 31.3. The van der Waals surface area contributed by atoms with E-state index in [2.05, 4.69) is 0 Å². The zero-order valence-electron chi connectivity index (χ0n) is 14.6. The van der Waals surface area contributed by atoms with Crippen LogP contribution >= 0.6 is 0 Å². The molecule has 1 unspecified atom stereocenters. The Bertz CT molecular complexity index is 822. The molecule has 0 N–H and O–H groups in total. The highest BCUT2D eigenvalue weighted by atomic mass is 16.5. The van der Waals surface area contributed by atoms with E-state index >= 15 is 0 Å². The first-order chi connectivity index (χ1) is 12.0. The SMILES string of the molecule is CC(C)OC(=O)Cn1c(C2CC(=O)N(C3CC3)C2)nc2ccccc21. The molecule has 1 aromatic carbocycles. The Labute approximate surface area is 146 Å². The minimum absolute atomic E-state index is 0.0346. The van der Waals surface area contributed by atoms with E-state index in [1.54, 1.807) is 0 Å². The van der Waals surface area contributed by atoms with E-state index in [-0.39, 0.29) is 30.4 Å². The fraction of sp³-hybridized carbons (Fsp3) is 0.526. The summed E-state index contributed by atoms with van der Waals surface area (Å²) in [6.45, 7) is 4.51. The van der Waals surface area contributed by atoms with Gasteiger partial charge in [-0.05, 0) is 38.8 Å². The number of esters is 1. The van der Waals surface area contributed by atoms with Gasteiger partial charge in [0.2, 0.25) is 5.91 Å². The predicted octanol–water partition coefficient (Wildman–Crippen LogP) is 2.47. The highest BCUT2D eigenvalue weighted by molar-refractivity contribution is 5.82. The van der Waals surface area contributed by atoms with Crippen LogP contribution in [0.1, 0.15) is 44.9 Å². The molecule has 1 saturated carbocycles. The molecule has 1 aliphatic heterocycles. The normalized spacial score (nSPS) is 20.7. The van der Waals surface area contributed by atoms with Crippen LogP contribution in [0.2, 0.25) is 0 Å². The van der Waals surface area contributed by atoms with Crippen LogP contribution < -0.4 is 0 Å². The Morgan fingerprint density at radius 1 is 1.32 bits per heavy atom. The molecule has 2 heterocycles. The number of para-hydroxylation sites is 2. The Hall–Kier alpha value is -2.37. The highest BCUT2D eigenvalue weighted by Gasteiger charge is 2.41. The van der Waals surface area contributed by atoms with E-state index in [0.717, 1.165) is 29.7 Å². The maximum atomic E-state index is 12.3. The summed E-state index contributed by atoms with van der Waals surface area (Å²) in [5.41, 5.74) is 1.77. The molecule has 2 fully saturated rings. The molecule has 1 saturated heterocycles. The molecule has 6 nitrogen and oxygen atoms in total. The van der Waals surface area contributed by atoms with Crippen LogP contribution in [-0.2, 0) is 20.9 Å². The van der Waals surface area contributed by atoms with E-state index in [4.69, 9.17) is 9.72 Å². The zero-order chi connectivity index (χ0) is 17.6. The number of aromatic nitrogens is 2. The van der Waals surface area contributed by atoms with Crippen molar-refractivity contribution in [1.29, 1.82) is 0 Å². The van der Waals surface area contributed by atoms with E-state index in [0.29, 0.717) is 19.0 Å². The molecule has 6 heteroatoms. The summed E-state index contributed by atoms with van der Waals surface area (Å²) >= 11 is 0. The predicted molar refractivity (Wildman–Crippen MR) is 93.1 cm³/mol. The van der Waals surface area contributed by atoms with Crippen LogP contribution in [0.3, 0.4) is 0 Å². The summed E-state index contributed by atoms with van der Waals surface area (Å²) in [6, 6.07) is 8.20. The lowest BCUT2D eigenvalue weighted by molar-refractivity contribution is -0.148. The number of carbonyl (C=O) groups is 2. The standard InChI is InChI=1S/C19H23N3O3/c1-12(2)25-18(24)11-22-16-6-4-3-5-15(16)20-19(22)13-9-17(23)21(10-13)14-7-8-14/h3-6,12-14H,7-11H2,1-2H3. The number of hydrogen-bond acceptors (Lipinski definition) is 4. The number of imidazole rings is 1. The second-order valence-electron chi connectivity index (χ2n) is 7.26. The second kappa shape index (κ2) is 6.17. The van der Waals surface area contributed by atoms with Crippen molar-refractivity contribution < 1.29 is 14.3 Å². The van der Waals surface area contributed by atoms with Crippen molar-refractivity contribution in [2.75, 3.05) is 6.54 Å². The molecule has 2 aliphatic rings. The second-order valence-corrected chi connectivity index (χ2v) is 7.26. The fourth-order valence-electron chi connectivity index (χ4n) is 3.64. The molecule has 1 amide bonds. The van der Waals surface area contributed by atoms with Gasteiger partial charge in [0.05, 0.1) is 17.1 Å². The average molecular weight is 341 g/mol. The summed E-state index contributed by atoms with van der Waals surface area (Å²) in [5.74, 6) is 0.782. The molecule has 1 atom stereocenters. The highest BCUT2D eigenvalue weighted by Crippen LogP contribution is 2.37. The molecule has 1 aliphatic carbocycles. The number of ether oxygens (including phenoxy) is 1. The van der Waals surface area contributed by atoms with Crippen LogP contribution in [0, 0.1) is 0 Å². The number of likely N-dealkylation sites (tertiary alicyclic amines) is 1. The third kappa shape index (κ3) is 3.13. The van der Waals surface area contributed by atoms with Gasteiger partial charge in [0.1, 0.15) is 12.4 Å². The largest absolute Gasteiger partial charge is 0.462 e. The Balaban J connectivity index is 1.67. The molecule has 0 bridgehead atoms. The molecule has 25 heavy (non-hydrogen) atoms. The lowest BCUT2D eigenvalue weighted by atomic mass is 10.1. The first-order valence-electron chi connectivity index (χ1n) is 8.97. The first-order valence-corrected chi connectivity index (χ1v) is 8.97. The van der Waals surface area contributed by atoms with Gasteiger partial charge < -0.3 is 14.2 Å². The van der Waals surface area contributed by atoms with Crippen molar-refractivity contribution in [3.63, 3.8) is 0 Å². The maximum absolute atomic E-state index is 12.3. The van der Waals surface area contributed by atoms with Crippen molar-refractivity contribution in [2.45, 2.75) is 57.7 Å². The number of fused-ring (bicyclic) bond motifs is 1. The Morgan fingerprint density at radius 3 is 2.80 bits per heavy atom. The minimum atomic E-state index is -0.275. The molecule has 132 valence electrons. The number of carbonyl (C=O) groups excluding carboxylic acids is 2. The van der Waals surface area contributed by atoms with Gasteiger partial charge in [-0.3, -0.25) is 9.59 Å². The van der Waals surface area contributed by atoms with Gasteiger partial charge in [0, 0.05) is 24.9 Å². The molecular weight excluding hydrogens is 318 g/mol. The number of nitrogens with zero attached hydrogens (tertiary/aromatic N) is 3. The van der Waals surface area contributed by atoms with Crippen molar-refractivity contribution in [3.05, 3.63) is 30.1 Å². The van der Waals surface area contributed by atoms with Gasteiger partial charge in [-0.2, -0.15) is 0 Å². The third-order valence-electron chi connectivity index (χ3n) is 4.85. The summed E-state index contributed by atoms with van der Waals surface area (Å²) in [5, 5.41) is 0. The summed E-state index contributed by atoms with van der Waals surface area (Å²) in [6.07, 6.45) is 2.54. The lowest BCUT2D eigenvalue weighted by Gasteiger charge is -2.16. The van der Waals surface area contributed by atoms with Gasteiger partial charge in [-0.15, -0.1) is 0 Å². The van der Waals surface area contributed by atoms with E-state index in [1.807, 2.05) is 47.6 Å². The maximum Gasteiger partial charge on any atom is 0.326 e. The van der Waals surface area contributed by atoms with E-state index < -0.39 is 0 Å². The fourth-order valence-corrected chi connectivity index (χ4v) is 3.64. The van der Waals surface area contributed by atoms with Gasteiger partial charge in [0.25, 0.3) is 0 Å². The number of benzene rings is 1. The molecule has 0 spiro atoms. The number of hydrogen-bond donors (Lipinski definition) is 0. The van der Waals surface area contributed by atoms with Gasteiger partial charge >= 0.3 is 5.97 Å². The topological polar surface area (TPSA) is 64.4 Å². The van der Waals surface area contributed by atoms with Crippen molar-refractivity contribution in [1.82, 2.24) is 14.5 Å². The lowest BCUT2D eigenvalue weighted by Crippen LogP contribution is -2.27. The van der Waals surface area contributed by atoms with Crippen LogP contribution in [-0.4, -0.2) is 45.0 Å². The Kier molecular flexibility index (Phi) is 3.98. The van der Waals surface area contributed by atoms with Crippen molar-refractivity contribution >= 4 is 22.9 Å². The van der Waals surface area contributed by atoms with Crippen molar-refractivity contribution in [2.24, 2.45) is 0 Å². The molecular formula is C19H23N3O3. The van der Waals surface area contributed by atoms with Crippen LogP contribution in [0.5, 0.6) is 0 Å².